The van der Waals surface area contributed by atoms with Crippen LogP contribution in [-0.2, 0) is 20.9 Å². The fourth-order valence-corrected chi connectivity index (χ4v) is 7.57. The summed E-state index contributed by atoms with van der Waals surface area (Å²) in [6, 6.07) is 7.59. The zero-order valence-electron chi connectivity index (χ0n) is 20.7. The minimum atomic E-state index is -0.439. The van der Waals surface area contributed by atoms with Gasteiger partial charge in [0, 0.05) is 11.1 Å². The molecule has 188 valence electrons. The van der Waals surface area contributed by atoms with Crippen LogP contribution in [0.5, 0.6) is 5.75 Å². The molecule has 8 nitrogen and oxygen atoms in total. The van der Waals surface area contributed by atoms with Crippen LogP contribution >= 0.6 is 11.8 Å². The molecule has 4 aliphatic carbocycles. The van der Waals surface area contributed by atoms with Crippen LogP contribution in [0.25, 0.3) is 5.69 Å². The SMILES string of the molecule is CCOC(=O)C(C)Sc1nnc(CNC(=O)C23CC4CC(CC(C4)C2)C3)n1-c1ccc(OC)cc1. The normalized spacial score (nSPS) is 27.5. The number of nitrogens with one attached hydrogen (secondary N) is 1. The summed E-state index contributed by atoms with van der Waals surface area (Å²) >= 11 is 1.30. The summed E-state index contributed by atoms with van der Waals surface area (Å²) in [5, 5.41) is 12.1. The predicted octanol–water partition coefficient (Wildman–Crippen LogP) is 4.15. The summed E-state index contributed by atoms with van der Waals surface area (Å²) < 4.78 is 12.4. The van der Waals surface area contributed by atoms with Gasteiger partial charge in [0.2, 0.25) is 5.91 Å². The molecule has 0 radical (unpaired) electrons. The Balaban J connectivity index is 1.36. The Morgan fingerprint density at radius 1 is 1.11 bits per heavy atom. The molecule has 0 aliphatic heterocycles. The molecule has 1 heterocycles. The zero-order chi connectivity index (χ0) is 24.6. The van der Waals surface area contributed by atoms with Crippen LogP contribution in [0, 0.1) is 23.2 Å². The van der Waals surface area contributed by atoms with E-state index >= 15 is 0 Å². The molecule has 2 aromatic rings. The van der Waals surface area contributed by atoms with Gasteiger partial charge >= 0.3 is 5.97 Å². The van der Waals surface area contributed by atoms with Crippen LogP contribution in [0.3, 0.4) is 0 Å². The Kier molecular flexibility index (Phi) is 6.79. The first-order valence-corrected chi connectivity index (χ1v) is 13.5. The molecule has 1 aromatic carbocycles. The Morgan fingerprint density at radius 2 is 1.74 bits per heavy atom. The van der Waals surface area contributed by atoms with Gasteiger partial charge in [-0.2, -0.15) is 0 Å². The maximum Gasteiger partial charge on any atom is 0.319 e. The van der Waals surface area contributed by atoms with Gasteiger partial charge in [-0.3, -0.25) is 14.2 Å². The number of carbonyl (C=O) groups excluding carboxylic acids is 2. The van der Waals surface area contributed by atoms with E-state index in [9.17, 15) is 9.59 Å². The van der Waals surface area contributed by atoms with Crippen molar-refractivity contribution in [3.05, 3.63) is 30.1 Å². The highest BCUT2D eigenvalue weighted by atomic mass is 32.2. The van der Waals surface area contributed by atoms with Crippen LogP contribution in [0.15, 0.2) is 29.4 Å². The van der Waals surface area contributed by atoms with Crippen molar-refractivity contribution in [2.45, 2.75) is 69.3 Å². The van der Waals surface area contributed by atoms with E-state index in [0.29, 0.717) is 35.3 Å². The number of esters is 1. The minimum Gasteiger partial charge on any atom is -0.497 e. The number of thioether (sulfide) groups is 1. The van der Waals surface area contributed by atoms with Crippen molar-refractivity contribution in [3.63, 3.8) is 0 Å². The van der Waals surface area contributed by atoms with E-state index in [2.05, 4.69) is 15.5 Å². The summed E-state index contributed by atoms with van der Waals surface area (Å²) in [5.74, 6) is 3.37. The maximum absolute atomic E-state index is 13.5. The number of hydrogen-bond donors (Lipinski definition) is 1. The van der Waals surface area contributed by atoms with E-state index in [-0.39, 0.29) is 23.8 Å². The van der Waals surface area contributed by atoms with Crippen molar-refractivity contribution < 1.29 is 19.1 Å². The third kappa shape index (κ3) is 4.79. The Labute approximate surface area is 210 Å². The Bertz CT molecular complexity index is 1050. The van der Waals surface area contributed by atoms with Crippen LogP contribution in [0.4, 0.5) is 0 Å². The van der Waals surface area contributed by atoms with E-state index in [0.717, 1.165) is 30.7 Å². The number of benzene rings is 1. The molecule has 0 spiro atoms. The number of ether oxygens (including phenoxy) is 2. The van der Waals surface area contributed by atoms with E-state index in [1.807, 2.05) is 28.8 Å². The van der Waals surface area contributed by atoms with Gasteiger partial charge in [-0.15, -0.1) is 10.2 Å². The van der Waals surface area contributed by atoms with Crippen molar-refractivity contribution in [1.82, 2.24) is 20.1 Å². The Morgan fingerprint density at radius 3 is 2.31 bits per heavy atom. The van der Waals surface area contributed by atoms with Crippen LogP contribution in [0.1, 0.15) is 58.2 Å². The van der Waals surface area contributed by atoms with Gasteiger partial charge < -0.3 is 14.8 Å². The quantitative estimate of drug-likeness (QED) is 0.410. The van der Waals surface area contributed by atoms with Gasteiger partial charge in [-0.25, -0.2) is 0 Å². The molecule has 35 heavy (non-hydrogen) atoms. The second-order valence-corrected chi connectivity index (χ2v) is 11.6. The second-order valence-electron chi connectivity index (χ2n) is 10.3. The third-order valence-electron chi connectivity index (χ3n) is 7.86. The molecule has 4 bridgehead atoms. The molecular formula is C26H34N4O4S. The van der Waals surface area contributed by atoms with Crippen molar-refractivity contribution in [3.8, 4) is 11.4 Å². The zero-order valence-corrected chi connectivity index (χ0v) is 21.5. The lowest BCUT2D eigenvalue weighted by Crippen LogP contribution is -2.53. The van der Waals surface area contributed by atoms with Crippen LogP contribution in [0.2, 0.25) is 0 Å². The first kappa shape index (κ1) is 24.2. The second kappa shape index (κ2) is 9.84. The van der Waals surface area contributed by atoms with Crippen molar-refractivity contribution >= 4 is 23.6 Å². The molecule has 4 saturated carbocycles. The van der Waals surface area contributed by atoms with Gasteiger partial charge in [-0.05, 0) is 94.4 Å². The Hall–Kier alpha value is -2.55. The molecule has 9 heteroatoms. The first-order valence-electron chi connectivity index (χ1n) is 12.6. The predicted molar refractivity (Wildman–Crippen MR) is 132 cm³/mol. The third-order valence-corrected chi connectivity index (χ3v) is 8.88. The van der Waals surface area contributed by atoms with Crippen molar-refractivity contribution in [1.29, 1.82) is 0 Å². The van der Waals surface area contributed by atoms with E-state index < -0.39 is 5.25 Å². The highest BCUT2D eigenvalue weighted by Crippen LogP contribution is 2.60. The van der Waals surface area contributed by atoms with Crippen molar-refractivity contribution in [2.24, 2.45) is 23.2 Å². The number of carbonyl (C=O) groups is 2. The van der Waals surface area contributed by atoms with Gasteiger partial charge in [0.1, 0.15) is 11.0 Å². The first-order chi connectivity index (χ1) is 16.9. The maximum atomic E-state index is 13.5. The molecule has 6 rings (SSSR count). The molecule has 1 atom stereocenters. The van der Waals surface area contributed by atoms with E-state index in [1.165, 1.54) is 31.0 Å². The lowest BCUT2D eigenvalue weighted by molar-refractivity contribution is -0.146. The topological polar surface area (TPSA) is 95.3 Å². The summed E-state index contributed by atoms with van der Waals surface area (Å²) in [4.78, 5) is 25.7. The highest BCUT2D eigenvalue weighted by Gasteiger charge is 2.54. The number of amides is 1. The standard InChI is InChI=1S/C26H34N4O4S/c1-4-34-23(31)16(2)35-25-29-28-22(30(25)20-5-7-21(33-3)8-6-20)15-27-24(32)26-12-17-9-18(13-26)11-19(10-17)14-26/h5-8,16-19H,4,9-15H2,1-3H3,(H,27,32). The highest BCUT2D eigenvalue weighted by molar-refractivity contribution is 8.00. The van der Waals surface area contributed by atoms with Gasteiger partial charge in [0.25, 0.3) is 0 Å². The smallest absolute Gasteiger partial charge is 0.319 e. The largest absolute Gasteiger partial charge is 0.497 e. The fraction of sp³-hybridized carbons (Fsp3) is 0.615. The van der Waals surface area contributed by atoms with Crippen LogP contribution in [-0.4, -0.2) is 45.6 Å². The molecule has 4 aliphatic rings. The van der Waals surface area contributed by atoms with Gasteiger partial charge in [-0.1, -0.05) is 11.8 Å². The van der Waals surface area contributed by atoms with Gasteiger partial charge in [0.15, 0.2) is 11.0 Å². The minimum absolute atomic E-state index is 0.162. The molecule has 1 aromatic heterocycles. The molecule has 1 amide bonds. The van der Waals surface area contributed by atoms with E-state index in [1.54, 1.807) is 21.0 Å². The lowest BCUT2D eigenvalue weighted by Gasteiger charge is -2.55. The lowest BCUT2D eigenvalue weighted by atomic mass is 9.49. The number of methoxy groups -OCH3 is 1. The molecule has 0 saturated heterocycles. The summed E-state index contributed by atoms with van der Waals surface area (Å²) in [6.45, 7) is 4.20. The number of rotatable bonds is 9. The van der Waals surface area contributed by atoms with Crippen molar-refractivity contribution in [2.75, 3.05) is 13.7 Å². The number of nitrogens with zero attached hydrogens (tertiary/aromatic N) is 3. The average Bonchev–Trinajstić information content (AvgIpc) is 3.24. The average molecular weight is 499 g/mol. The monoisotopic (exact) mass is 498 g/mol. The number of aromatic nitrogens is 3. The van der Waals surface area contributed by atoms with E-state index in [4.69, 9.17) is 9.47 Å². The summed E-state index contributed by atoms with van der Waals surface area (Å²) in [5.41, 5.74) is 0.629. The fourth-order valence-electron chi connectivity index (χ4n) is 6.68. The van der Waals surface area contributed by atoms with Gasteiger partial charge in [0.05, 0.1) is 20.3 Å². The summed E-state index contributed by atoms with van der Waals surface area (Å²) in [7, 11) is 1.63. The number of hydrogen-bond acceptors (Lipinski definition) is 7. The summed E-state index contributed by atoms with van der Waals surface area (Å²) in [6.07, 6.45) is 6.98. The molecule has 4 fully saturated rings. The molecular weight excluding hydrogens is 464 g/mol. The molecule has 1 N–H and O–H groups in total. The molecule has 1 unspecified atom stereocenters. The van der Waals surface area contributed by atoms with Crippen LogP contribution < -0.4 is 10.1 Å².